The van der Waals surface area contributed by atoms with E-state index in [-0.39, 0.29) is 0 Å². The normalized spacial score (nSPS) is 21.3. The van der Waals surface area contributed by atoms with Gasteiger partial charge in [-0.05, 0) is 38.3 Å². The number of benzene rings is 1. The van der Waals surface area contributed by atoms with Crippen LogP contribution in [0.5, 0.6) is 0 Å². The minimum Gasteiger partial charge on any atom is -0.344 e. The van der Waals surface area contributed by atoms with Gasteiger partial charge in [0.25, 0.3) is 0 Å². The standard InChI is InChI=1S/C13H19N3S/c1-11-10-15(2)8-9-16(11)13(17)14-12-6-4-3-5-7-12/h3-7,11H,8-10H2,1-2H3,(H,14,17). The molecule has 0 aliphatic carbocycles. The molecule has 1 heterocycles. The Bertz CT molecular complexity index is 380. The summed E-state index contributed by atoms with van der Waals surface area (Å²) in [5.74, 6) is 0. The monoisotopic (exact) mass is 249 g/mol. The molecule has 0 amide bonds. The average molecular weight is 249 g/mol. The van der Waals surface area contributed by atoms with E-state index < -0.39 is 0 Å². The summed E-state index contributed by atoms with van der Waals surface area (Å²) in [6.45, 7) is 5.35. The third kappa shape index (κ3) is 3.17. The minimum atomic E-state index is 0.470. The smallest absolute Gasteiger partial charge is 0.173 e. The Morgan fingerprint density at radius 1 is 1.29 bits per heavy atom. The number of likely N-dealkylation sites (N-methyl/N-ethyl adjacent to an activating group) is 1. The lowest BCUT2D eigenvalue weighted by atomic mass is 10.2. The quantitative estimate of drug-likeness (QED) is 0.767. The zero-order valence-corrected chi connectivity index (χ0v) is 11.2. The van der Waals surface area contributed by atoms with Gasteiger partial charge in [0.05, 0.1) is 0 Å². The molecule has 0 radical (unpaired) electrons. The highest BCUT2D eigenvalue weighted by atomic mass is 32.1. The highest BCUT2D eigenvalue weighted by molar-refractivity contribution is 7.80. The van der Waals surface area contributed by atoms with Crippen LogP contribution in [0.3, 0.4) is 0 Å². The van der Waals surface area contributed by atoms with E-state index in [9.17, 15) is 0 Å². The molecule has 92 valence electrons. The lowest BCUT2D eigenvalue weighted by Crippen LogP contribution is -2.53. The van der Waals surface area contributed by atoms with Crippen LogP contribution in [0.2, 0.25) is 0 Å². The van der Waals surface area contributed by atoms with Crippen molar-refractivity contribution < 1.29 is 0 Å². The maximum Gasteiger partial charge on any atom is 0.173 e. The van der Waals surface area contributed by atoms with Gasteiger partial charge in [-0.2, -0.15) is 0 Å². The summed E-state index contributed by atoms with van der Waals surface area (Å²) >= 11 is 5.47. The lowest BCUT2D eigenvalue weighted by Gasteiger charge is -2.39. The zero-order valence-electron chi connectivity index (χ0n) is 10.4. The molecule has 1 aliphatic rings. The summed E-state index contributed by atoms with van der Waals surface area (Å²) in [5, 5.41) is 4.13. The van der Waals surface area contributed by atoms with E-state index >= 15 is 0 Å². The molecule has 2 rings (SSSR count). The summed E-state index contributed by atoms with van der Waals surface area (Å²) in [6, 6.07) is 10.6. The van der Waals surface area contributed by atoms with Crippen LogP contribution < -0.4 is 5.32 Å². The van der Waals surface area contributed by atoms with Crippen LogP contribution in [0.25, 0.3) is 0 Å². The van der Waals surface area contributed by atoms with E-state index in [1.165, 1.54) is 0 Å². The first kappa shape index (κ1) is 12.3. The molecule has 0 saturated carbocycles. The second-order valence-corrected chi connectivity index (χ2v) is 4.99. The van der Waals surface area contributed by atoms with Gasteiger partial charge in [-0.15, -0.1) is 0 Å². The Labute approximate surface area is 108 Å². The van der Waals surface area contributed by atoms with Gasteiger partial charge in [0.2, 0.25) is 0 Å². The molecule has 0 aromatic heterocycles. The average Bonchev–Trinajstić information content (AvgIpc) is 2.30. The number of hydrogen-bond acceptors (Lipinski definition) is 2. The first-order valence-electron chi connectivity index (χ1n) is 5.98. The molecule has 17 heavy (non-hydrogen) atoms. The second-order valence-electron chi connectivity index (χ2n) is 4.60. The minimum absolute atomic E-state index is 0.470. The Hall–Kier alpha value is -1.13. The van der Waals surface area contributed by atoms with Gasteiger partial charge in [-0.25, -0.2) is 0 Å². The van der Waals surface area contributed by atoms with Crippen molar-refractivity contribution in [3.63, 3.8) is 0 Å². The predicted molar refractivity (Wildman–Crippen MR) is 76.3 cm³/mol. The van der Waals surface area contributed by atoms with Crippen LogP contribution in [0.1, 0.15) is 6.92 Å². The van der Waals surface area contributed by atoms with E-state index in [1.807, 2.05) is 30.3 Å². The van der Waals surface area contributed by atoms with Crippen molar-refractivity contribution in [1.82, 2.24) is 9.80 Å². The van der Waals surface area contributed by atoms with E-state index in [0.29, 0.717) is 6.04 Å². The summed E-state index contributed by atoms with van der Waals surface area (Å²) in [5.41, 5.74) is 1.06. The van der Waals surface area contributed by atoms with Crippen molar-refractivity contribution in [3.05, 3.63) is 30.3 Å². The first-order valence-corrected chi connectivity index (χ1v) is 6.39. The maximum absolute atomic E-state index is 5.47. The third-order valence-corrected chi connectivity index (χ3v) is 3.45. The fraction of sp³-hybridized carbons (Fsp3) is 0.462. The summed E-state index contributed by atoms with van der Waals surface area (Å²) in [4.78, 5) is 4.61. The Morgan fingerprint density at radius 2 is 2.00 bits per heavy atom. The number of nitrogens with zero attached hydrogens (tertiary/aromatic N) is 2. The predicted octanol–water partition coefficient (Wildman–Crippen LogP) is 2.02. The molecule has 3 nitrogen and oxygen atoms in total. The number of hydrogen-bond donors (Lipinski definition) is 1. The molecule has 1 unspecified atom stereocenters. The molecule has 1 N–H and O–H groups in total. The van der Waals surface area contributed by atoms with Crippen LogP contribution >= 0.6 is 12.2 Å². The molecule has 1 aromatic rings. The molecular weight excluding hydrogens is 230 g/mol. The molecule has 1 aromatic carbocycles. The number of para-hydroxylation sites is 1. The van der Waals surface area contributed by atoms with Gasteiger partial charge in [-0.3, -0.25) is 0 Å². The summed E-state index contributed by atoms with van der Waals surface area (Å²) in [7, 11) is 2.15. The first-order chi connectivity index (χ1) is 8.16. The number of thiocarbonyl (C=S) groups is 1. The third-order valence-electron chi connectivity index (χ3n) is 3.12. The number of nitrogens with one attached hydrogen (secondary N) is 1. The highest BCUT2D eigenvalue weighted by Crippen LogP contribution is 2.12. The van der Waals surface area contributed by atoms with Gasteiger partial charge < -0.3 is 15.1 Å². The topological polar surface area (TPSA) is 18.5 Å². The van der Waals surface area contributed by atoms with Crippen LogP contribution in [-0.4, -0.2) is 47.6 Å². The van der Waals surface area contributed by atoms with E-state index in [4.69, 9.17) is 12.2 Å². The molecule has 0 bridgehead atoms. The van der Waals surface area contributed by atoms with Gasteiger partial charge in [-0.1, -0.05) is 18.2 Å². The summed E-state index contributed by atoms with van der Waals surface area (Å²) < 4.78 is 0. The van der Waals surface area contributed by atoms with Gasteiger partial charge in [0.1, 0.15) is 0 Å². The number of piperazine rings is 1. The molecule has 0 spiro atoms. The molecule has 1 atom stereocenters. The highest BCUT2D eigenvalue weighted by Gasteiger charge is 2.23. The van der Waals surface area contributed by atoms with Gasteiger partial charge >= 0.3 is 0 Å². The van der Waals surface area contributed by atoms with Crippen molar-refractivity contribution in [1.29, 1.82) is 0 Å². The molecule has 1 fully saturated rings. The second kappa shape index (κ2) is 5.47. The molecule has 1 saturated heterocycles. The largest absolute Gasteiger partial charge is 0.344 e. The van der Waals surface area contributed by atoms with E-state index in [1.54, 1.807) is 0 Å². The van der Waals surface area contributed by atoms with Crippen molar-refractivity contribution in [2.45, 2.75) is 13.0 Å². The fourth-order valence-corrected chi connectivity index (χ4v) is 2.55. The Kier molecular flexibility index (Phi) is 3.97. The van der Waals surface area contributed by atoms with Crippen LogP contribution in [0, 0.1) is 0 Å². The van der Waals surface area contributed by atoms with Crippen LogP contribution in [0.15, 0.2) is 30.3 Å². The van der Waals surface area contributed by atoms with E-state index in [2.05, 4.69) is 29.1 Å². The van der Waals surface area contributed by atoms with Crippen molar-refractivity contribution >= 4 is 23.0 Å². The SMILES string of the molecule is CC1CN(C)CCN1C(=S)Nc1ccccc1. The number of rotatable bonds is 1. The molecule has 1 aliphatic heterocycles. The maximum atomic E-state index is 5.47. The summed E-state index contributed by atoms with van der Waals surface area (Å²) in [6.07, 6.45) is 0. The van der Waals surface area contributed by atoms with Gasteiger partial charge in [0.15, 0.2) is 5.11 Å². The van der Waals surface area contributed by atoms with Crippen molar-refractivity contribution in [2.75, 3.05) is 32.0 Å². The van der Waals surface area contributed by atoms with Crippen molar-refractivity contribution in [3.8, 4) is 0 Å². The van der Waals surface area contributed by atoms with Gasteiger partial charge in [0, 0.05) is 31.4 Å². The zero-order chi connectivity index (χ0) is 12.3. The molecular formula is C13H19N3S. The van der Waals surface area contributed by atoms with E-state index in [0.717, 1.165) is 30.4 Å². The Morgan fingerprint density at radius 3 is 2.65 bits per heavy atom. The van der Waals surface area contributed by atoms with Crippen LogP contribution in [-0.2, 0) is 0 Å². The molecule has 4 heteroatoms. The lowest BCUT2D eigenvalue weighted by molar-refractivity contribution is 0.163. The van der Waals surface area contributed by atoms with Crippen LogP contribution in [0.4, 0.5) is 5.69 Å². The Balaban J connectivity index is 1.96. The number of anilines is 1. The van der Waals surface area contributed by atoms with Crippen molar-refractivity contribution in [2.24, 2.45) is 0 Å². The fourth-order valence-electron chi connectivity index (χ4n) is 2.16.